The van der Waals surface area contributed by atoms with Crippen LogP contribution in [0.15, 0.2) is 21.5 Å². The lowest BCUT2D eigenvalue weighted by molar-refractivity contribution is -0.116. The van der Waals surface area contributed by atoms with E-state index in [2.05, 4.69) is 15.9 Å². The van der Waals surface area contributed by atoms with Gasteiger partial charge in [0.1, 0.15) is 0 Å². The molecule has 1 atom stereocenters. The monoisotopic (exact) mass is 400 g/mol. The topological polar surface area (TPSA) is 57.7 Å². The lowest BCUT2D eigenvalue weighted by atomic mass is 10.1. The molecule has 2 heterocycles. The van der Waals surface area contributed by atoms with E-state index >= 15 is 0 Å². The molecule has 0 aliphatic carbocycles. The third kappa shape index (κ3) is 2.94. The molecule has 126 valence electrons. The molecule has 0 aromatic heterocycles. The van der Waals surface area contributed by atoms with Gasteiger partial charge in [0, 0.05) is 36.2 Å². The van der Waals surface area contributed by atoms with Crippen LogP contribution < -0.4 is 4.90 Å². The molecule has 1 fully saturated rings. The van der Waals surface area contributed by atoms with Gasteiger partial charge in [-0.05, 0) is 59.8 Å². The molecule has 1 aromatic rings. The van der Waals surface area contributed by atoms with Crippen molar-refractivity contribution in [3.63, 3.8) is 0 Å². The Balaban J connectivity index is 2.06. The summed E-state index contributed by atoms with van der Waals surface area (Å²) in [5.74, 6) is -0.0557. The molecular weight excluding hydrogens is 380 g/mol. The smallest absolute Gasteiger partial charge is 0.244 e. The number of anilines is 1. The lowest BCUT2D eigenvalue weighted by Gasteiger charge is -2.27. The second kappa shape index (κ2) is 6.18. The molecule has 2 aliphatic rings. The Kier molecular flexibility index (Phi) is 4.55. The number of amides is 1. The second-order valence-electron chi connectivity index (χ2n) is 6.32. The predicted molar refractivity (Wildman–Crippen MR) is 93.1 cm³/mol. The molecule has 1 aromatic carbocycles. The standard InChI is InChI=1S/C16H21BrN2O3S/c1-11-8-13-9-14(17)16(10-15(13)19(11)12(2)20)23(21,22)18-6-4-3-5-7-18/h9-11H,3-8H2,1-2H3. The zero-order valence-corrected chi connectivity index (χ0v) is 15.8. The van der Waals surface area contributed by atoms with Gasteiger partial charge in [0.15, 0.2) is 0 Å². The van der Waals surface area contributed by atoms with E-state index in [1.54, 1.807) is 15.3 Å². The van der Waals surface area contributed by atoms with Crippen molar-refractivity contribution < 1.29 is 13.2 Å². The fraction of sp³-hybridized carbons (Fsp3) is 0.562. The maximum absolute atomic E-state index is 13.0. The van der Waals surface area contributed by atoms with E-state index < -0.39 is 10.0 Å². The van der Waals surface area contributed by atoms with Crippen LogP contribution in [0.5, 0.6) is 0 Å². The minimum Gasteiger partial charge on any atom is -0.309 e. The van der Waals surface area contributed by atoms with E-state index in [1.165, 1.54) is 6.92 Å². The number of hydrogen-bond donors (Lipinski definition) is 0. The number of halogens is 1. The summed E-state index contributed by atoms with van der Waals surface area (Å²) in [6.45, 7) is 4.64. The van der Waals surface area contributed by atoms with E-state index in [1.807, 2.05) is 13.0 Å². The molecule has 23 heavy (non-hydrogen) atoms. The van der Waals surface area contributed by atoms with Gasteiger partial charge in [-0.15, -0.1) is 0 Å². The predicted octanol–water partition coefficient (Wildman–Crippen LogP) is 2.92. The van der Waals surface area contributed by atoms with Gasteiger partial charge in [-0.3, -0.25) is 4.79 Å². The molecular formula is C16H21BrN2O3S. The van der Waals surface area contributed by atoms with Gasteiger partial charge in [-0.25, -0.2) is 8.42 Å². The minimum absolute atomic E-state index is 0.0557. The van der Waals surface area contributed by atoms with Crippen molar-refractivity contribution >= 4 is 37.5 Å². The van der Waals surface area contributed by atoms with Gasteiger partial charge >= 0.3 is 0 Å². The summed E-state index contributed by atoms with van der Waals surface area (Å²) in [5.41, 5.74) is 1.74. The summed E-state index contributed by atoms with van der Waals surface area (Å²) in [7, 11) is -3.53. The summed E-state index contributed by atoms with van der Waals surface area (Å²) in [6.07, 6.45) is 3.63. The van der Waals surface area contributed by atoms with Crippen LogP contribution in [0.25, 0.3) is 0 Å². The summed E-state index contributed by atoms with van der Waals surface area (Å²) >= 11 is 3.42. The van der Waals surface area contributed by atoms with Crippen molar-refractivity contribution in [1.29, 1.82) is 0 Å². The van der Waals surface area contributed by atoms with E-state index in [4.69, 9.17) is 0 Å². The number of sulfonamides is 1. The first-order valence-electron chi connectivity index (χ1n) is 7.94. The molecule has 0 bridgehead atoms. The molecule has 0 N–H and O–H groups in total. The van der Waals surface area contributed by atoms with Crippen LogP contribution in [0.4, 0.5) is 5.69 Å². The number of carbonyl (C=O) groups excluding carboxylic acids is 1. The highest BCUT2D eigenvalue weighted by molar-refractivity contribution is 9.10. The SMILES string of the molecule is CC(=O)N1c2cc(S(=O)(=O)N3CCCCC3)c(Br)cc2CC1C. The third-order valence-corrected chi connectivity index (χ3v) is 7.48. The molecule has 5 nitrogen and oxygen atoms in total. The lowest BCUT2D eigenvalue weighted by Crippen LogP contribution is -2.36. The van der Waals surface area contributed by atoms with Crippen molar-refractivity contribution in [2.24, 2.45) is 0 Å². The Morgan fingerprint density at radius 2 is 1.87 bits per heavy atom. The van der Waals surface area contributed by atoms with Crippen LogP contribution in [0, 0.1) is 0 Å². The number of nitrogens with zero attached hydrogens (tertiary/aromatic N) is 2. The fourth-order valence-electron chi connectivity index (χ4n) is 3.54. The molecule has 1 saturated heterocycles. The average Bonchev–Trinajstić information content (AvgIpc) is 2.82. The van der Waals surface area contributed by atoms with Gasteiger partial charge in [0.2, 0.25) is 15.9 Å². The first-order valence-corrected chi connectivity index (χ1v) is 10.2. The Hall–Kier alpha value is -0.920. The number of rotatable bonds is 2. The molecule has 1 unspecified atom stereocenters. The Labute approximate surface area is 145 Å². The van der Waals surface area contributed by atoms with Crippen molar-refractivity contribution in [2.45, 2.75) is 50.5 Å². The van der Waals surface area contributed by atoms with Gasteiger partial charge < -0.3 is 4.90 Å². The molecule has 1 amide bonds. The van der Waals surface area contributed by atoms with Crippen LogP contribution in [-0.4, -0.2) is 37.8 Å². The van der Waals surface area contributed by atoms with Crippen LogP contribution in [0.3, 0.4) is 0 Å². The van der Waals surface area contributed by atoms with Gasteiger partial charge in [0.25, 0.3) is 0 Å². The number of fused-ring (bicyclic) bond motifs is 1. The molecule has 2 aliphatic heterocycles. The molecule has 3 rings (SSSR count). The van der Waals surface area contributed by atoms with Gasteiger partial charge in [-0.2, -0.15) is 4.31 Å². The van der Waals surface area contributed by atoms with Crippen LogP contribution in [0.1, 0.15) is 38.7 Å². The molecule has 0 saturated carbocycles. The Bertz CT molecular complexity index is 742. The molecule has 0 spiro atoms. The zero-order chi connectivity index (χ0) is 16.8. The maximum atomic E-state index is 13.0. The fourth-order valence-corrected chi connectivity index (χ4v) is 6.13. The van der Waals surface area contributed by atoms with Crippen molar-refractivity contribution in [3.05, 3.63) is 22.2 Å². The highest BCUT2D eigenvalue weighted by atomic mass is 79.9. The number of carbonyl (C=O) groups is 1. The number of benzene rings is 1. The largest absolute Gasteiger partial charge is 0.309 e. The second-order valence-corrected chi connectivity index (χ2v) is 9.08. The highest BCUT2D eigenvalue weighted by Gasteiger charge is 2.34. The Morgan fingerprint density at radius 1 is 1.22 bits per heavy atom. The van der Waals surface area contributed by atoms with Crippen molar-refractivity contribution in [2.75, 3.05) is 18.0 Å². The zero-order valence-electron chi connectivity index (χ0n) is 13.4. The van der Waals surface area contributed by atoms with Gasteiger partial charge in [-0.1, -0.05) is 6.42 Å². The van der Waals surface area contributed by atoms with Crippen molar-refractivity contribution in [3.8, 4) is 0 Å². The molecule has 0 radical (unpaired) electrons. The van der Waals surface area contributed by atoms with E-state index in [9.17, 15) is 13.2 Å². The first kappa shape index (κ1) is 16.9. The van der Waals surface area contributed by atoms with E-state index in [0.29, 0.717) is 17.6 Å². The maximum Gasteiger partial charge on any atom is 0.244 e. The average molecular weight is 401 g/mol. The van der Waals surface area contributed by atoms with E-state index in [0.717, 1.165) is 36.9 Å². The third-order valence-electron chi connectivity index (χ3n) is 4.62. The number of hydrogen-bond acceptors (Lipinski definition) is 3. The number of piperidine rings is 1. The quantitative estimate of drug-likeness (QED) is 0.766. The minimum atomic E-state index is -3.53. The van der Waals surface area contributed by atoms with Crippen LogP contribution >= 0.6 is 15.9 Å². The summed E-state index contributed by atoms with van der Waals surface area (Å²) in [4.78, 5) is 13.9. The first-order chi connectivity index (χ1) is 10.8. The van der Waals surface area contributed by atoms with Crippen LogP contribution in [0.2, 0.25) is 0 Å². The Morgan fingerprint density at radius 3 is 2.48 bits per heavy atom. The van der Waals surface area contributed by atoms with Crippen LogP contribution in [-0.2, 0) is 21.2 Å². The summed E-state index contributed by atoms with van der Waals surface area (Å²) < 4.78 is 28.1. The summed E-state index contributed by atoms with van der Waals surface area (Å²) in [5, 5.41) is 0. The van der Waals surface area contributed by atoms with Crippen molar-refractivity contribution in [1.82, 2.24) is 4.31 Å². The van der Waals surface area contributed by atoms with E-state index in [-0.39, 0.29) is 16.8 Å². The summed E-state index contributed by atoms with van der Waals surface area (Å²) in [6, 6.07) is 3.57. The molecule has 7 heteroatoms. The highest BCUT2D eigenvalue weighted by Crippen LogP contribution is 2.39. The van der Waals surface area contributed by atoms with Gasteiger partial charge in [0.05, 0.1) is 4.90 Å². The normalized spacial score (nSPS) is 22.2.